The van der Waals surface area contributed by atoms with Gasteiger partial charge in [-0.05, 0) is 12.1 Å². The highest BCUT2D eigenvalue weighted by molar-refractivity contribution is 5.75. The van der Waals surface area contributed by atoms with Crippen molar-refractivity contribution in [1.29, 1.82) is 0 Å². The van der Waals surface area contributed by atoms with Crippen LogP contribution in [0, 0.1) is 0 Å². The van der Waals surface area contributed by atoms with Gasteiger partial charge in [-0.3, -0.25) is 0 Å². The molecule has 6 nitrogen and oxygen atoms in total. The van der Waals surface area contributed by atoms with Gasteiger partial charge in [0.15, 0.2) is 17.6 Å². The van der Waals surface area contributed by atoms with E-state index in [-0.39, 0.29) is 22.8 Å². The van der Waals surface area contributed by atoms with E-state index in [2.05, 4.69) is 0 Å². The molecule has 2 aromatic rings. The molecule has 0 fully saturated rings. The summed E-state index contributed by atoms with van der Waals surface area (Å²) >= 11 is 0. The first-order valence-corrected chi connectivity index (χ1v) is 6.11. The molecule has 0 spiro atoms. The first-order chi connectivity index (χ1) is 9.97. The average Bonchev–Trinajstić information content (AvgIpc) is 2.43. The molecule has 0 saturated carbocycles. The summed E-state index contributed by atoms with van der Waals surface area (Å²) in [6.45, 7) is 0. The first-order valence-electron chi connectivity index (χ1n) is 6.11. The van der Waals surface area contributed by atoms with Gasteiger partial charge in [0.2, 0.25) is 0 Å². The van der Waals surface area contributed by atoms with E-state index < -0.39 is 23.4 Å². The molecule has 108 valence electrons. The molecule has 0 unspecified atom stereocenters. The fraction of sp³-hybridized carbons (Fsp3) is 0.0667. The Labute approximate surface area is 119 Å². The third kappa shape index (κ3) is 2.06. The van der Waals surface area contributed by atoms with Crippen LogP contribution in [0.2, 0.25) is 0 Å². The van der Waals surface area contributed by atoms with E-state index in [1.54, 1.807) is 0 Å². The summed E-state index contributed by atoms with van der Waals surface area (Å²) in [5.41, 5.74) is 0.408. The van der Waals surface area contributed by atoms with Gasteiger partial charge < -0.3 is 30.3 Å². The van der Waals surface area contributed by atoms with Crippen LogP contribution in [0.5, 0.6) is 23.0 Å². The third-order valence-corrected chi connectivity index (χ3v) is 3.23. The number of ether oxygens (including phenoxy) is 1. The average molecular weight is 288 g/mol. The SMILES string of the molecule is OC1=C(O)[C@@H](c2ccc(O)cc2)Oc2cc(O)cc(O)c21. The minimum atomic E-state index is -1.00. The van der Waals surface area contributed by atoms with Crippen LogP contribution in [0.15, 0.2) is 42.2 Å². The van der Waals surface area contributed by atoms with E-state index in [4.69, 9.17) is 4.74 Å². The van der Waals surface area contributed by atoms with Gasteiger partial charge in [0.25, 0.3) is 0 Å². The van der Waals surface area contributed by atoms with Crippen molar-refractivity contribution in [2.45, 2.75) is 6.10 Å². The number of phenols is 3. The summed E-state index contributed by atoms with van der Waals surface area (Å²) in [7, 11) is 0. The molecule has 1 atom stereocenters. The normalized spacial score (nSPS) is 17.2. The lowest BCUT2D eigenvalue weighted by molar-refractivity contribution is 0.162. The third-order valence-electron chi connectivity index (χ3n) is 3.23. The Morgan fingerprint density at radius 3 is 2.14 bits per heavy atom. The van der Waals surface area contributed by atoms with E-state index in [0.29, 0.717) is 5.56 Å². The monoisotopic (exact) mass is 288 g/mol. The van der Waals surface area contributed by atoms with Crippen LogP contribution in [0.25, 0.3) is 5.76 Å². The van der Waals surface area contributed by atoms with Gasteiger partial charge in [-0.2, -0.15) is 0 Å². The summed E-state index contributed by atoms with van der Waals surface area (Å²) in [6, 6.07) is 8.14. The van der Waals surface area contributed by atoms with Crippen LogP contribution in [0.3, 0.4) is 0 Å². The Morgan fingerprint density at radius 1 is 0.810 bits per heavy atom. The number of phenolic OH excluding ortho intramolecular Hbond substituents is 3. The Morgan fingerprint density at radius 2 is 1.48 bits per heavy atom. The Kier molecular flexibility index (Phi) is 2.79. The Bertz CT molecular complexity index is 733. The molecule has 1 aliphatic rings. The van der Waals surface area contributed by atoms with E-state index in [1.807, 2.05) is 0 Å². The lowest BCUT2D eigenvalue weighted by Gasteiger charge is -2.26. The Hall–Kier alpha value is -3.02. The molecule has 0 bridgehead atoms. The minimum Gasteiger partial charge on any atom is -0.508 e. The lowest BCUT2D eigenvalue weighted by atomic mass is 10.00. The molecule has 21 heavy (non-hydrogen) atoms. The van der Waals surface area contributed by atoms with Crippen LogP contribution in [0.4, 0.5) is 0 Å². The van der Waals surface area contributed by atoms with E-state index in [0.717, 1.165) is 6.07 Å². The second-order valence-corrected chi connectivity index (χ2v) is 4.66. The zero-order chi connectivity index (χ0) is 15.1. The number of benzene rings is 2. The highest BCUT2D eigenvalue weighted by Crippen LogP contribution is 2.45. The van der Waals surface area contributed by atoms with Crippen molar-refractivity contribution in [3.05, 3.63) is 53.3 Å². The van der Waals surface area contributed by atoms with Crippen molar-refractivity contribution in [2.75, 3.05) is 0 Å². The zero-order valence-corrected chi connectivity index (χ0v) is 10.7. The van der Waals surface area contributed by atoms with Gasteiger partial charge in [-0.1, -0.05) is 12.1 Å². The quantitative estimate of drug-likeness (QED) is 0.552. The molecule has 0 amide bonds. The second kappa shape index (κ2) is 4.52. The minimum absolute atomic E-state index is 0.0425. The van der Waals surface area contributed by atoms with Gasteiger partial charge in [0.1, 0.15) is 28.6 Å². The molecule has 1 heterocycles. The topological polar surface area (TPSA) is 110 Å². The molecule has 2 aromatic carbocycles. The maximum absolute atomic E-state index is 10.1. The number of hydrogen-bond acceptors (Lipinski definition) is 6. The molecule has 6 heteroatoms. The number of aliphatic hydroxyl groups excluding tert-OH is 2. The van der Waals surface area contributed by atoms with Crippen molar-refractivity contribution in [3.63, 3.8) is 0 Å². The van der Waals surface area contributed by atoms with Crippen molar-refractivity contribution in [3.8, 4) is 23.0 Å². The van der Waals surface area contributed by atoms with Gasteiger partial charge >= 0.3 is 0 Å². The van der Waals surface area contributed by atoms with Crippen LogP contribution in [-0.4, -0.2) is 25.5 Å². The molecule has 0 radical (unpaired) electrons. The molecule has 0 aromatic heterocycles. The van der Waals surface area contributed by atoms with Crippen LogP contribution < -0.4 is 4.74 Å². The molecule has 1 aliphatic heterocycles. The number of aromatic hydroxyl groups is 3. The largest absolute Gasteiger partial charge is 0.508 e. The van der Waals surface area contributed by atoms with Crippen molar-refractivity contribution >= 4 is 5.76 Å². The standard InChI is InChI=1S/C15H12O6/c16-8-3-1-7(2-4-8)15-14(20)13(19)12-10(18)5-9(17)6-11(12)21-15/h1-6,15-20H/t15-/m1/s1. The van der Waals surface area contributed by atoms with E-state index in [9.17, 15) is 25.5 Å². The van der Waals surface area contributed by atoms with Gasteiger partial charge in [-0.15, -0.1) is 0 Å². The van der Waals surface area contributed by atoms with Crippen molar-refractivity contribution < 1.29 is 30.3 Å². The maximum Gasteiger partial charge on any atom is 0.184 e. The second-order valence-electron chi connectivity index (χ2n) is 4.66. The number of rotatable bonds is 1. The molecule has 0 aliphatic carbocycles. The number of fused-ring (bicyclic) bond motifs is 1. The van der Waals surface area contributed by atoms with Crippen LogP contribution in [0.1, 0.15) is 17.2 Å². The fourth-order valence-electron chi connectivity index (χ4n) is 2.23. The summed E-state index contributed by atoms with van der Waals surface area (Å²) < 4.78 is 5.53. The predicted octanol–water partition coefficient (Wildman–Crippen LogP) is 2.72. The molecule has 0 saturated heterocycles. The highest BCUT2D eigenvalue weighted by atomic mass is 16.5. The zero-order valence-electron chi connectivity index (χ0n) is 10.7. The summed E-state index contributed by atoms with van der Waals surface area (Å²) in [6.07, 6.45) is -1.00. The van der Waals surface area contributed by atoms with Crippen LogP contribution in [-0.2, 0) is 0 Å². The highest BCUT2D eigenvalue weighted by Gasteiger charge is 2.32. The fourth-order valence-corrected chi connectivity index (χ4v) is 2.23. The maximum atomic E-state index is 10.1. The number of aliphatic hydroxyl groups is 2. The van der Waals surface area contributed by atoms with Gasteiger partial charge in [0.05, 0.1) is 0 Å². The summed E-state index contributed by atoms with van der Waals surface area (Å²) in [4.78, 5) is 0. The molecular weight excluding hydrogens is 276 g/mol. The smallest absolute Gasteiger partial charge is 0.184 e. The summed E-state index contributed by atoms with van der Waals surface area (Å²) in [5.74, 6) is -1.53. The van der Waals surface area contributed by atoms with E-state index >= 15 is 0 Å². The van der Waals surface area contributed by atoms with E-state index in [1.165, 1.54) is 30.3 Å². The Balaban J connectivity index is 2.12. The van der Waals surface area contributed by atoms with Crippen molar-refractivity contribution in [1.82, 2.24) is 0 Å². The predicted molar refractivity (Wildman–Crippen MR) is 73.4 cm³/mol. The van der Waals surface area contributed by atoms with Gasteiger partial charge in [0, 0.05) is 17.7 Å². The summed E-state index contributed by atoms with van der Waals surface area (Å²) in [5, 5.41) is 48.6. The molecular formula is C15H12O6. The first kappa shape index (κ1) is 13.0. The lowest BCUT2D eigenvalue weighted by Crippen LogP contribution is -2.17. The number of hydrogen-bond donors (Lipinski definition) is 5. The molecule has 3 rings (SSSR count). The van der Waals surface area contributed by atoms with Crippen LogP contribution >= 0.6 is 0 Å². The molecule has 5 N–H and O–H groups in total. The van der Waals surface area contributed by atoms with Gasteiger partial charge in [-0.25, -0.2) is 0 Å². The van der Waals surface area contributed by atoms with Crippen molar-refractivity contribution in [2.24, 2.45) is 0 Å².